The number of aliphatic hydroxyl groups excluding tert-OH is 1. The van der Waals surface area contributed by atoms with Crippen LogP contribution >= 0.6 is 0 Å². The first kappa shape index (κ1) is 14.3. The molecule has 0 bridgehead atoms. The minimum Gasteiger partial charge on any atom is -0.392 e. The van der Waals surface area contributed by atoms with Crippen molar-refractivity contribution >= 4 is 16.7 Å². The SMILES string of the molecule is CN(c1nc2ccccc2cc1CO)C1CCCCCC1. The van der Waals surface area contributed by atoms with E-state index in [1.807, 2.05) is 18.2 Å². The van der Waals surface area contributed by atoms with E-state index in [4.69, 9.17) is 4.98 Å². The summed E-state index contributed by atoms with van der Waals surface area (Å²) in [5.74, 6) is 0.947. The maximum atomic E-state index is 9.71. The van der Waals surface area contributed by atoms with Crippen LogP contribution in [0.3, 0.4) is 0 Å². The van der Waals surface area contributed by atoms with Crippen molar-refractivity contribution < 1.29 is 5.11 Å². The molecule has 1 aliphatic rings. The van der Waals surface area contributed by atoms with Gasteiger partial charge in [0.15, 0.2) is 0 Å². The molecule has 0 amide bonds. The quantitative estimate of drug-likeness (QED) is 0.869. The predicted molar refractivity (Wildman–Crippen MR) is 87.6 cm³/mol. The van der Waals surface area contributed by atoms with Crippen molar-refractivity contribution in [2.75, 3.05) is 11.9 Å². The smallest absolute Gasteiger partial charge is 0.134 e. The second-order valence-corrected chi connectivity index (χ2v) is 6.08. The number of aliphatic hydroxyl groups is 1. The van der Waals surface area contributed by atoms with E-state index in [0.717, 1.165) is 22.3 Å². The first-order valence-electron chi connectivity index (χ1n) is 8.02. The van der Waals surface area contributed by atoms with Crippen molar-refractivity contribution in [1.82, 2.24) is 4.98 Å². The van der Waals surface area contributed by atoms with E-state index in [0.29, 0.717) is 6.04 Å². The number of hydrogen-bond acceptors (Lipinski definition) is 3. The van der Waals surface area contributed by atoms with Gasteiger partial charge in [-0.15, -0.1) is 0 Å². The van der Waals surface area contributed by atoms with Crippen LogP contribution in [-0.2, 0) is 6.61 Å². The van der Waals surface area contributed by atoms with Crippen LogP contribution in [0.1, 0.15) is 44.1 Å². The highest BCUT2D eigenvalue weighted by molar-refractivity contribution is 5.81. The monoisotopic (exact) mass is 284 g/mol. The van der Waals surface area contributed by atoms with Crippen molar-refractivity contribution in [2.24, 2.45) is 0 Å². The lowest BCUT2D eigenvalue weighted by Gasteiger charge is -2.30. The van der Waals surface area contributed by atoms with E-state index in [9.17, 15) is 5.11 Å². The molecule has 2 aromatic rings. The van der Waals surface area contributed by atoms with Gasteiger partial charge in [-0.05, 0) is 25.0 Å². The summed E-state index contributed by atoms with van der Waals surface area (Å²) in [6.07, 6.45) is 7.77. The highest BCUT2D eigenvalue weighted by atomic mass is 16.3. The van der Waals surface area contributed by atoms with Crippen LogP contribution in [0.5, 0.6) is 0 Å². The number of hydrogen-bond donors (Lipinski definition) is 1. The number of benzene rings is 1. The Kier molecular flexibility index (Phi) is 4.39. The second-order valence-electron chi connectivity index (χ2n) is 6.08. The molecule has 1 aliphatic carbocycles. The minimum absolute atomic E-state index is 0.0459. The summed E-state index contributed by atoms with van der Waals surface area (Å²) in [5, 5.41) is 10.8. The van der Waals surface area contributed by atoms with Crippen molar-refractivity contribution in [3.8, 4) is 0 Å². The molecular weight excluding hydrogens is 260 g/mol. The lowest BCUT2D eigenvalue weighted by Crippen LogP contribution is -2.32. The Bertz CT molecular complexity index is 603. The van der Waals surface area contributed by atoms with Crippen LogP contribution in [0.2, 0.25) is 0 Å². The zero-order chi connectivity index (χ0) is 14.7. The molecule has 3 heteroatoms. The van der Waals surface area contributed by atoms with Gasteiger partial charge in [0, 0.05) is 24.0 Å². The van der Waals surface area contributed by atoms with Crippen molar-refractivity contribution in [1.29, 1.82) is 0 Å². The fourth-order valence-corrected chi connectivity index (χ4v) is 3.39. The molecule has 0 saturated heterocycles. The molecule has 1 N–H and O–H groups in total. The molecule has 0 unspecified atom stereocenters. The van der Waals surface area contributed by atoms with Gasteiger partial charge in [-0.1, -0.05) is 43.9 Å². The Labute approximate surface area is 126 Å². The number of aromatic nitrogens is 1. The molecule has 3 nitrogen and oxygen atoms in total. The summed E-state index contributed by atoms with van der Waals surface area (Å²) in [6, 6.07) is 10.7. The molecule has 3 rings (SSSR count). The molecule has 1 fully saturated rings. The third kappa shape index (κ3) is 3.03. The number of anilines is 1. The van der Waals surface area contributed by atoms with Crippen LogP contribution in [0.15, 0.2) is 30.3 Å². The number of pyridine rings is 1. The molecule has 0 atom stereocenters. The third-order valence-corrected chi connectivity index (χ3v) is 4.66. The van der Waals surface area contributed by atoms with E-state index >= 15 is 0 Å². The molecule has 21 heavy (non-hydrogen) atoms. The van der Waals surface area contributed by atoms with Crippen LogP contribution in [0, 0.1) is 0 Å². The Hall–Kier alpha value is -1.61. The Morgan fingerprint density at radius 2 is 1.86 bits per heavy atom. The van der Waals surface area contributed by atoms with Gasteiger partial charge in [0.25, 0.3) is 0 Å². The van der Waals surface area contributed by atoms with E-state index in [-0.39, 0.29) is 6.61 Å². The number of nitrogens with zero attached hydrogens (tertiary/aromatic N) is 2. The molecule has 0 spiro atoms. The van der Waals surface area contributed by atoms with Gasteiger partial charge < -0.3 is 10.0 Å². The molecule has 0 aliphatic heterocycles. The fraction of sp³-hybridized carbons (Fsp3) is 0.500. The van der Waals surface area contributed by atoms with E-state index < -0.39 is 0 Å². The standard InChI is InChI=1S/C18H24N2O/c1-20(16-9-4-2-3-5-10-16)18-15(13-21)12-14-8-6-7-11-17(14)19-18/h6-8,11-12,16,21H,2-5,9-10,13H2,1H3. The fourth-order valence-electron chi connectivity index (χ4n) is 3.39. The summed E-state index contributed by atoms with van der Waals surface area (Å²) in [5.41, 5.74) is 1.94. The average molecular weight is 284 g/mol. The van der Waals surface area contributed by atoms with Gasteiger partial charge in [-0.3, -0.25) is 0 Å². The number of rotatable bonds is 3. The van der Waals surface area contributed by atoms with Crippen LogP contribution in [0.4, 0.5) is 5.82 Å². The maximum Gasteiger partial charge on any atom is 0.134 e. The largest absolute Gasteiger partial charge is 0.392 e. The molecule has 1 heterocycles. The second kappa shape index (κ2) is 6.44. The first-order chi connectivity index (χ1) is 10.3. The molecule has 1 aromatic carbocycles. The maximum absolute atomic E-state index is 9.71. The zero-order valence-corrected chi connectivity index (χ0v) is 12.8. The molecule has 0 radical (unpaired) electrons. The van der Waals surface area contributed by atoms with Crippen LogP contribution in [0.25, 0.3) is 10.9 Å². The summed E-state index contributed by atoms with van der Waals surface area (Å²) in [4.78, 5) is 7.11. The van der Waals surface area contributed by atoms with Gasteiger partial charge in [0.1, 0.15) is 5.82 Å². The number of para-hydroxylation sites is 1. The summed E-state index contributed by atoms with van der Waals surface area (Å²) in [6.45, 7) is 0.0459. The average Bonchev–Trinajstić information content (AvgIpc) is 2.82. The molecular formula is C18H24N2O. The molecule has 1 saturated carbocycles. The van der Waals surface area contributed by atoms with Gasteiger partial charge in [-0.25, -0.2) is 4.98 Å². The van der Waals surface area contributed by atoms with Crippen molar-refractivity contribution in [2.45, 2.75) is 51.2 Å². The van der Waals surface area contributed by atoms with Gasteiger partial charge >= 0.3 is 0 Å². The minimum atomic E-state index is 0.0459. The highest BCUT2D eigenvalue weighted by Gasteiger charge is 2.20. The lowest BCUT2D eigenvalue weighted by atomic mass is 10.1. The zero-order valence-electron chi connectivity index (χ0n) is 12.8. The lowest BCUT2D eigenvalue weighted by molar-refractivity contribution is 0.281. The van der Waals surface area contributed by atoms with Gasteiger partial charge in [0.05, 0.1) is 12.1 Å². The molecule has 112 valence electrons. The van der Waals surface area contributed by atoms with Gasteiger partial charge in [-0.2, -0.15) is 0 Å². The Morgan fingerprint density at radius 3 is 2.57 bits per heavy atom. The van der Waals surface area contributed by atoms with E-state index in [2.05, 4.69) is 24.1 Å². The van der Waals surface area contributed by atoms with Crippen molar-refractivity contribution in [3.63, 3.8) is 0 Å². The summed E-state index contributed by atoms with van der Waals surface area (Å²) in [7, 11) is 2.13. The summed E-state index contributed by atoms with van der Waals surface area (Å²) >= 11 is 0. The number of fused-ring (bicyclic) bond motifs is 1. The van der Waals surface area contributed by atoms with Crippen LogP contribution < -0.4 is 4.90 Å². The van der Waals surface area contributed by atoms with Crippen LogP contribution in [-0.4, -0.2) is 23.2 Å². The Morgan fingerprint density at radius 1 is 1.14 bits per heavy atom. The van der Waals surface area contributed by atoms with E-state index in [1.54, 1.807) is 0 Å². The topological polar surface area (TPSA) is 36.4 Å². The van der Waals surface area contributed by atoms with Gasteiger partial charge in [0.2, 0.25) is 0 Å². The predicted octanol–water partition coefficient (Wildman–Crippen LogP) is 3.89. The third-order valence-electron chi connectivity index (χ3n) is 4.66. The normalized spacial score (nSPS) is 16.9. The van der Waals surface area contributed by atoms with Crippen molar-refractivity contribution in [3.05, 3.63) is 35.9 Å². The highest BCUT2D eigenvalue weighted by Crippen LogP contribution is 2.28. The van der Waals surface area contributed by atoms with E-state index in [1.165, 1.54) is 38.5 Å². The first-order valence-corrected chi connectivity index (χ1v) is 8.02. The Balaban J connectivity index is 1.97. The molecule has 1 aromatic heterocycles. The summed E-state index contributed by atoms with van der Waals surface area (Å²) < 4.78 is 0.